The molecule has 0 spiro atoms. The highest BCUT2D eigenvalue weighted by atomic mass is 16.5. The second-order valence-electron chi connectivity index (χ2n) is 12.0. The van der Waals surface area contributed by atoms with Crippen molar-refractivity contribution in [1.82, 2.24) is 0 Å². The Morgan fingerprint density at radius 1 is 1.20 bits per heavy atom. The smallest absolute Gasteiger partial charge is 0.336 e. The number of fused-ring (bicyclic) bond motifs is 5. The molecule has 7 heteroatoms. The number of ketones is 1. The standard InChI is InChI=1S/C28H38O7/c1-14-11-22(35-25(33)17(14)13-29)15(2)28(34)24(32)12-20-16-5-6-19-21(30)7-8-23(31)27(19,4)18(16)9-10-26(20,28)3/h6-8,15-16,18,20-22,24,29-30,32,34H,5,9-13H2,1-4H3/t15-,16-,18+,20+,21+,22-,24+,26+,27-,28-/m1/s1. The van der Waals surface area contributed by atoms with Crippen LogP contribution in [0.25, 0.3) is 0 Å². The zero-order chi connectivity index (χ0) is 25.5. The van der Waals surface area contributed by atoms with Crippen LogP contribution in [0.1, 0.15) is 59.8 Å². The van der Waals surface area contributed by atoms with Gasteiger partial charge in [-0.25, -0.2) is 4.79 Å². The van der Waals surface area contributed by atoms with Gasteiger partial charge in [0.25, 0.3) is 0 Å². The van der Waals surface area contributed by atoms with Crippen LogP contribution >= 0.6 is 0 Å². The van der Waals surface area contributed by atoms with Gasteiger partial charge in [0.15, 0.2) is 5.78 Å². The minimum absolute atomic E-state index is 0.0156. The van der Waals surface area contributed by atoms with Crippen molar-refractivity contribution in [3.63, 3.8) is 0 Å². The minimum atomic E-state index is -1.47. The van der Waals surface area contributed by atoms with Gasteiger partial charge in [-0.3, -0.25) is 4.79 Å². The van der Waals surface area contributed by atoms with E-state index in [4.69, 9.17) is 4.74 Å². The van der Waals surface area contributed by atoms with E-state index < -0.39 is 46.6 Å². The normalized spacial score (nSPS) is 48.1. The Bertz CT molecular complexity index is 1040. The molecule has 5 rings (SSSR count). The molecule has 2 fully saturated rings. The first kappa shape index (κ1) is 24.9. The quantitative estimate of drug-likeness (QED) is 0.356. The van der Waals surface area contributed by atoms with E-state index in [-0.39, 0.29) is 35.7 Å². The largest absolute Gasteiger partial charge is 0.458 e. The highest BCUT2D eigenvalue weighted by Gasteiger charge is 2.70. The topological polar surface area (TPSA) is 124 Å². The van der Waals surface area contributed by atoms with Crippen LogP contribution in [0.4, 0.5) is 0 Å². The number of esters is 1. The molecule has 1 aliphatic heterocycles. The molecule has 0 aromatic rings. The van der Waals surface area contributed by atoms with Crippen LogP contribution in [-0.4, -0.2) is 62.7 Å². The summed E-state index contributed by atoms with van der Waals surface area (Å²) in [6.07, 6.45) is 5.61. The number of cyclic esters (lactones) is 1. The van der Waals surface area contributed by atoms with Crippen LogP contribution in [0.3, 0.4) is 0 Å². The van der Waals surface area contributed by atoms with Gasteiger partial charge in [0.1, 0.15) is 11.7 Å². The van der Waals surface area contributed by atoms with E-state index in [9.17, 15) is 30.0 Å². The number of ether oxygens (including phenoxy) is 1. The Hall–Kier alpha value is -1.80. The Balaban J connectivity index is 1.48. The first-order valence-electron chi connectivity index (χ1n) is 12.9. The van der Waals surface area contributed by atoms with E-state index in [1.807, 2.05) is 26.8 Å². The summed E-state index contributed by atoms with van der Waals surface area (Å²) >= 11 is 0. The van der Waals surface area contributed by atoms with Gasteiger partial charge in [-0.1, -0.05) is 25.5 Å². The van der Waals surface area contributed by atoms with E-state index in [0.29, 0.717) is 32.1 Å². The third-order valence-corrected chi connectivity index (χ3v) is 10.9. The van der Waals surface area contributed by atoms with Crippen molar-refractivity contribution >= 4 is 11.8 Å². The van der Waals surface area contributed by atoms with Gasteiger partial charge < -0.3 is 25.2 Å². The summed E-state index contributed by atoms with van der Waals surface area (Å²) in [5.41, 5.74) is -1.05. The maximum Gasteiger partial charge on any atom is 0.336 e. The molecule has 4 N–H and O–H groups in total. The lowest BCUT2D eigenvalue weighted by atomic mass is 9.46. The van der Waals surface area contributed by atoms with Crippen LogP contribution in [0.2, 0.25) is 0 Å². The van der Waals surface area contributed by atoms with Gasteiger partial charge in [-0.05, 0) is 75.0 Å². The molecule has 10 atom stereocenters. The summed E-state index contributed by atoms with van der Waals surface area (Å²) in [6, 6.07) is 0. The summed E-state index contributed by atoms with van der Waals surface area (Å²) in [6.45, 7) is 7.27. The van der Waals surface area contributed by atoms with Gasteiger partial charge in [0, 0.05) is 17.8 Å². The Kier molecular flexibility index (Phi) is 5.76. The number of carbonyl (C=O) groups excluding carboxylic acids is 2. The summed E-state index contributed by atoms with van der Waals surface area (Å²) in [7, 11) is 0. The van der Waals surface area contributed by atoms with E-state index in [2.05, 4.69) is 0 Å². The third-order valence-electron chi connectivity index (χ3n) is 10.9. The molecular weight excluding hydrogens is 448 g/mol. The molecule has 4 aliphatic carbocycles. The number of hydrogen-bond donors (Lipinski definition) is 4. The van der Waals surface area contributed by atoms with Crippen LogP contribution in [0, 0.1) is 34.5 Å². The summed E-state index contributed by atoms with van der Waals surface area (Å²) in [5.74, 6) is -0.951. The first-order chi connectivity index (χ1) is 16.4. The molecule has 0 saturated heterocycles. The zero-order valence-electron chi connectivity index (χ0n) is 21.0. The molecule has 5 aliphatic rings. The van der Waals surface area contributed by atoms with Crippen molar-refractivity contribution in [2.24, 2.45) is 34.5 Å². The molecule has 0 amide bonds. The average Bonchev–Trinajstić information content (AvgIpc) is 3.02. The molecular formula is C28H38O7. The molecule has 7 nitrogen and oxygen atoms in total. The summed E-state index contributed by atoms with van der Waals surface area (Å²) in [5, 5.41) is 43.7. The second kappa shape index (κ2) is 8.10. The molecule has 192 valence electrons. The minimum Gasteiger partial charge on any atom is -0.458 e. The molecule has 0 aromatic heterocycles. The summed E-state index contributed by atoms with van der Waals surface area (Å²) < 4.78 is 5.67. The van der Waals surface area contributed by atoms with Crippen molar-refractivity contribution in [3.8, 4) is 0 Å². The molecule has 2 saturated carbocycles. The first-order valence-corrected chi connectivity index (χ1v) is 12.9. The number of allylic oxidation sites excluding steroid dienone is 2. The lowest BCUT2D eigenvalue weighted by molar-refractivity contribution is -0.204. The van der Waals surface area contributed by atoms with Gasteiger partial charge in [0.2, 0.25) is 0 Å². The molecule has 1 heterocycles. The maximum absolute atomic E-state index is 13.1. The molecule has 0 unspecified atom stereocenters. The SMILES string of the molecule is CC1=C(CO)C(=O)O[C@@H]([C@@H](C)[C@@]2(O)[C@@H](O)C[C@H]3[C@@H]4CC=C5[C@@H](O)C=CC(=O)[C@]5(C)[C@H]4CC[C@@]32C)C1. The Morgan fingerprint density at radius 3 is 2.57 bits per heavy atom. The predicted molar refractivity (Wildman–Crippen MR) is 128 cm³/mol. The number of aliphatic hydroxyl groups excluding tert-OH is 3. The fourth-order valence-corrected chi connectivity index (χ4v) is 8.72. The van der Waals surface area contributed by atoms with Crippen molar-refractivity contribution in [3.05, 3.63) is 34.9 Å². The molecule has 0 radical (unpaired) electrons. The third kappa shape index (κ3) is 3.11. The van der Waals surface area contributed by atoms with E-state index >= 15 is 0 Å². The second-order valence-corrected chi connectivity index (χ2v) is 12.0. The van der Waals surface area contributed by atoms with Crippen LogP contribution in [0.5, 0.6) is 0 Å². The Labute approximate surface area is 206 Å². The van der Waals surface area contributed by atoms with E-state index in [1.54, 1.807) is 13.0 Å². The van der Waals surface area contributed by atoms with Crippen LogP contribution < -0.4 is 0 Å². The van der Waals surface area contributed by atoms with Crippen molar-refractivity contribution in [1.29, 1.82) is 0 Å². The van der Waals surface area contributed by atoms with Gasteiger partial charge in [0.05, 0.1) is 29.8 Å². The molecule has 35 heavy (non-hydrogen) atoms. The highest BCUT2D eigenvalue weighted by Crippen LogP contribution is 2.68. The Morgan fingerprint density at radius 2 is 1.91 bits per heavy atom. The molecule has 0 bridgehead atoms. The zero-order valence-corrected chi connectivity index (χ0v) is 21.0. The lowest BCUT2D eigenvalue weighted by Crippen LogP contribution is -2.62. The number of hydrogen-bond acceptors (Lipinski definition) is 7. The number of carbonyl (C=O) groups is 2. The monoisotopic (exact) mass is 486 g/mol. The highest BCUT2D eigenvalue weighted by molar-refractivity contribution is 5.99. The van der Waals surface area contributed by atoms with Crippen molar-refractivity contribution in [2.75, 3.05) is 6.61 Å². The maximum atomic E-state index is 13.1. The van der Waals surface area contributed by atoms with Gasteiger partial charge in [-0.15, -0.1) is 0 Å². The van der Waals surface area contributed by atoms with Gasteiger partial charge in [-0.2, -0.15) is 0 Å². The number of rotatable bonds is 3. The molecule has 0 aromatic carbocycles. The van der Waals surface area contributed by atoms with Crippen molar-refractivity contribution < 1.29 is 34.8 Å². The van der Waals surface area contributed by atoms with E-state index in [1.165, 1.54) is 6.08 Å². The average molecular weight is 487 g/mol. The fraction of sp³-hybridized carbons (Fsp3) is 0.714. The van der Waals surface area contributed by atoms with Crippen molar-refractivity contribution in [2.45, 2.75) is 83.7 Å². The van der Waals surface area contributed by atoms with E-state index in [0.717, 1.165) is 11.1 Å². The lowest BCUT2D eigenvalue weighted by Gasteiger charge is -2.59. The van der Waals surface area contributed by atoms with Crippen LogP contribution in [0.15, 0.2) is 34.9 Å². The van der Waals surface area contributed by atoms with Gasteiger partial charge >= 0.3 is 5.97 Å². The summed E-state index contributed by atoms with van der Waals surface area (Å²) in [4.78, 5) is 25.6. The fourth-order valence-electron chi connectivity index (χ4n) is 8.72. The predicted octanol–water partition coefficient (Wildman–Crippen LogP) is 2.23. The number of aliphatic hydroxyl groups is 4. The van der Waals surface area contributed by atoms with Crippen LogP contribution in [-0.2, 0) is 14.3 Å².